The highest BCUT2D eigenvalue weighted by Gasteiger charge is 2.13. The van der Waals surface area contributed by atoms with E-state index in [9.17, 15) is 0 Å². The van der Waals surface area contributed by atoms with Gasteiger partial charge < -0.3 is 15.4 Å². The molecule has 0 saturated carbocycles. The number of ether oxygens (including phenoxy) is 1. The van der Waals surface area contributed by atoms with Gasteiger partial charge in [-0.3, -0.25) is 0 Å². The van der Waals surface area contributed by atoms with Crippen molar-refractivity contribution in [3.63, 3.8) is 0 Å². The summed E-state index contributed by atoms with van der Waals surface area (Å²) in [6, 6.07) is 17.3. The van der Waals surface area contributed by atoms with E-state index in [1.54, 1.807) is 0 Å². The maximum absolute atomic E-state index is 5.71. The predicted octanol–water partition coefficient (Wildman–Crippen LogP) is 5.82. The molecule has 0 aliphatic heterocycles. The fourth-order valence-electron chi connectivity index (χ4n) is 2.81. The van der Waals surface area contributed by atoms with Crippen molar-refractivity contribution in [3.05, 3.63) is 59.7 Å². The van der Waals surface area contributed by atoms with Crippen LogP contribution in [0.5, 0.6) is 0 Å². The van der Waals surface area contributed by atoms with Gasteiger partial charge in [-0.1, -0.05) is 65.8 Å². The Morgan fingerprint density at radius 2 is 0.926 bits per heavy atom. The van der Waals surface area contributed by atoms with Crippen LogP contribution < -0.4 is 10.6 Å². The largest absolute Gasteiger partial charge is 0.383 e. The van der Waals surface area contributed by atoms with E-state index < -0.39 is 0 Å². The Kier molecular flexibility index (Phi) is 7.32. The van der Waals surface area contributed by atoms with E-state index in [0.29, 0.717) is 13.2 Å². The summed E-state index contributed by atoms with van der Waals surface area (Å²) >= 11 is 0. The van der Waals surface area contributed by atoms with Gasteiger partial charge in [-0.15, -0.1) is 0 Å². The van der Waals surface area contributed by atoms with E-state index in [1.807, 2.05) is 0 Å². The van der Waals surface area contributed by atoms with Crippen LogP contribution in [0.4, 0.5) is 11.4 Å². The molecule has 0 aliphatic rings. The summed E-state index contributed by atoms with van der Waals surface area (Å²) < 4.78 is 5.71. The zero-order valence-electron chi connectivity index (χ0n) is 17.9. The molecule has 2 aromatic rings. The van der Waals surface area contributed by atoms with Crippen molar-refractivity contribution in [2.75, 3.05) is 36.9 Å². The first-order valence-corrected chi connectivity index (χ1v) is 9.93. The van der Waals surface area contributed by atoms with E-state index in [4.69, 9.17) is 4.74 Å². The zero-order chi connectivity index (χ0) is 19.9. The lowest BCUT2D eigenvalue weighted by Crippen LogP contribution is -2.15. The molecule has 3 heteroatoms. The lowest BCUT2D eigenvalue weighted by Gasteiger charge is -2.19. The molecular weight excluding hydrogens is 332 g/mol. The van der Waals surface area contributed by atoms with Gasteiger partial charge in [0.2, 0.25) is 0 Å². The molecule has 0 aliphatic carbocycles. The Morgan fingerprint density at radius 1 is 0.593 bits per heavy atom. The van der Waals surface area contributed by atoms with E-state index in [0.717, 1.165) is 24.5 Å². The standard InChI is InChI=1S/C24H36N2O/c1-23(2,3)19-7-11-21(12-8-19)25-15-17-27-18-16-26-22-13-9-20(10-14-22)24(4,5)6/h7-14,25-26H,15-18H2,1-6H3. The van der Waals surface area contributed by atoms with Crippen molar-refractivity contribution >= 4 is 11.4 Å². The number of nitrogens with one attached hydrogen (secondary N) is 2. The number of benzene rings is 2. The second-order valence-electron chi connectivity index (χ2n) is 9.12. The van der Waals surface area contributed by atoms with Gasteiger partial charge in [0.05, 0.1) is 13.2 Å². The van der Waals surface area contributed by atoms with E-state index in [1.165, 1.54) is 11.1 Å². The molecule has 0 atom stereocenters. The number of anilines is 2. The third-order valence-electron chi connectivity index (χ3n) is 4.65. The normalized spacial score (nSPS) is 12.1. The molecule has 0 saturated heterocycles. The van der Waals surface area contributed by atoms with Crippen molar-refractivity contribution in [1.82, 2.24) is 0 Å². The van der Waals surface area contributed by atoms with Crippen molar-refractivity contribution in [2.45, 2.75) is 52.4 Å². The highest BCUT2D eigenvalue weighted by atomic mass is 16.5. The van der Waals surface area contributed by atoms with Gasteiger partial charge in [-0.05, 0) is 46.2 Å². The first kappa shape index (κ1) is 21.3. The van der Waals surface area contributed by atoms with Crippen LogP contribution >= 0.6 is 0 Å². The van der Waals surface area contributed by atoms with Gasteiger partial charge in [0.15, 0.2) is 0 Å². The molecule has 2 rings (SSSR count). The Labute approximate surface area is 165 Å². The molecule has 0 unspecified atom stereocenters. The van der Waals surface area contributed by atoms with E-state index >= 15 is 0 Å². The first-order valence-electron chi connectivity index (χ1n) is 9.93. The minimum absolute atomic E-state index is 0.196. The summed E-state index contributed by atoms with van der Waals surface area (Å²) in [5, 5.41) is 6.81. The molecule has 0 radical (unpaired) electrons. The van der Waals surface area contributed by atoms with Crippen LogP contribution in [0.25, 0.3) is 0 Å². The fraction of sp³-hybridized carbons (Fsp3) is 0.500. The summed E-state index contributed by atoms with van der Waals surface area (Å²) in [5.41, 5.74) is 5.38. The summed E-state index contributed by atoms with van der Waals surface area (Å²) in [4.78, 5) is 0. The number of hydrogen-bond acceptors (Lipinski definition) is 3. The maximum Gasteiger partial charge on any atom is 0.0639 e. The van der Waals surface area contributed by atoms with Crippen LogP contribution in [-0.4, -0.2) is 26.3 Å². The van der Waals surface area contributed by atoms with Gasteiger partial charge in [0, 0.05) is 24.5 Å². The molecule has 0 heterocycles. The molecule has 148 valence electrons. The predicted molar refractivity (Wildman–Crippen MR) is 118 cm³/mol. The van der Waals surface area contributed by atoms with Gasteiger partial charge in [0.1, 0.15) is 0 Å². The monoisotopic (exact) mass is 368 g/mol. The quantitative estimate of drug-likeness (QED) is 0.576. The molecule has 0 bridgehead atoms. The maximum atomic E-state index is 5.71. The van der Waals surface area contributed by atoms with Crippen molar-refractivity contribution < 1.29 is 4.74 Å². The zero-order valence-corrected chi connectivity index (χ0v) is 17.9. The van der Waals surface area contributed by atoms with Crippen molar-refractivity contribution in [3.8, 4) is 0 Å². The molecule has 27 heavy (non-hydrogen) atoms. The molecule has 0 amide bonds. The Bertz CT molecular complexity index is 615. The third-order valence-corrected chi connectivity index (χ3v) is 4.65. The number of hydrogen-bond donors (Lipinski definition) is 2. The average Bonchev–Trinajstić information content (AvgIpc) is 2.60. The minimum Gasteiger partial charge on any atom is -0.383 e. The Morgan fingerprint density at radius 3 is 1.22 bits per heavy atom. The van der Waals surface area contributed by atoms with Gasteiger partial charge in [-0.25, -0.2) is 0 Å². The summed E-state index contributed by atoms with van der Waals surface area (Å²) in [7, 11) is 0. The van der Waals surface area contributed by atoms with Gasteiger partial charge in [-0.2, -0.15) is 0 Å². The van der Waals surface area contributed by atoms with Crippen LogP contribution in [0.15, 0.2) is 48.5 Å². The summed E-state index contributed by atoms with van der Waals surface area (Å²) in [5.74, 6) is 0. The fourth-order valence-corrected chi connectivity index (χ4v) is 2.81. The van der Waals surface area contributed by atoms with Crippen LogP contribution in [0.3, 0.4) is 0 Å². The smallest absolute Gasteiger partial charge is 0.0639 e. The lowest BCUT2D eigenvalue weighted by atomic mass is 9.87. The molecular formula is C24H36N2O. The Hall–Kier alpha value is -2.00. The molecule has 0 spiro atoms. The summed E-state index contributed by atoms with van der Waals surface area (Å²) in [6.07, 6.45) is 0. The number of rotatable bonds is 8. The first-order chi connectivity index (χ1) is 12.7. The topological polar surface area (TPSA) is 33.3 Å². The van der Waals surface area contributed by atoms with Crippen LogP contribution in [-0.2, 0) is 15.6 Å². The van der Waals surface area contributed by atoms with Gasteiger partial charge >= 0.3 is 0 Å². The molecule has 0 fully saturated rings. The van der Waals surface area contributed by atoms with Crippen molar-refractivity contribution in [2.24, 2.45) is 0 Å². The van der Waals surface area contributed by atoms with Gasteiger partial charge in [0.25, 0.3) is 0 Å². The summed E-state index contributed by atoms with van der Waals surface area (Å²) in [6.45, 7) is 16.4. The SMILES string of the molecule is CC(C)(C)c1ccc(NCCOCCNc2ccc(C(C)(C)C)cc2)cc1. The van der Waals surface area contributed by atoms with E-state index in [2.05, 4.69) is 101 Å². The third kappa shape index (κ3) is 7.26. The lowest BCUT2D eigenvalue weighted by molar-refractivity contribution is 0.154. The molecule has 3 nitrogen and oxygen atoms in total. The van der Waals surface area contributed by atoms with E-state index in [-0.39, 0.29) is 10.8 Å². The molecule has 0 aromatic heterocycles. The van der Waals surface area contributed by atoms with Crippen LogP contribution in [0, 0.1) is 0 Å². The minimum atomic E-state index is 0.196. The van der Waals surface area contributed by atoms with Crippen molar-refractivity contribution in [1.29, 1.82) is 0 Å². The molecule has 2 N–H and O–H groups in total. The van der Waals surface area contributed by atoms with Crippen LogP contribution in [0.1, 0.15) is 52.7 Å². The highest BCUT2D eigenvalue weighted by molar-refractivity contribution is 5.46. The highest BCUT2D eigenvalue weighted by Crippen LogP contribution is 2.24. The average molecular weight is 369 g/mol. The second kappa shape index (κ2) is 9.27. The van der Waals surface area contributed by atoms with Crippen LogP contribution in [0.2, 0.25) is 0 Å². The Balaban J connectivity index is 1.60. The second-order valence-corrected chi connectivity index (χ2v) is 9.12. The molecule has 2 aromatic carbocycles.